The largest absolute Gasteiger partial charge is 0.462 e. The number of anilines is 2. The number of carbonyl (C=O) groups excluding carboxylic acids is 3. The Morgan fingerprint density at radius 2 is 1.66 bits per heavy atom. The lowest BCUT2D eigenvalue weighted by atomic mass is 10.1. The maximum absolute atomic E-state index is 13.0. The van der Waals surface area contributed by atoms with Crippen LogP contribution in [-0.4, -0.2) is 42.0 Å². The van der Waals surface area contributed by atoms with E-state index >= 15 is 0 Å². The summed E-state index contributed by atoms with van der Waals surface area (Å²) in [5.41, 5.74) is 1.37. The molecule has 1 saturated heterocycles. The van der Waals surface area contributed by atoms with Gasteiger partial charge in [-0.2, -0.15) is 0 Å². The molecule has 1 heterocycles. The first-order chi connectivity index (χ1) is 14.0. The summed E-state index contributed by atoms with van der Waals surface area (Å²) in [7, 11) is 0. The number of amides is 3. The summed E-state index contributed by atoms with van der Waals surface area (Å²) in [4.78, 5) is 38.4. The molecule has 0 saturated carbocycles. The Balaban J connectivity index is 1.61. The second kappa shape index (κ2) is 9.18. The second-order valence-electron chi connectivity index (χ2n) is 6.58. The van der Waals surface area contributed by atoms with Gasteiger partial charge in [0.05, 0.1) is 12.2 Å². The van der Waals surface area contributed by atoms with Gasteiger partial charge >= 0.3 is 12.0 Å². The summed E-state index contributed by atoms with van der Waals surface area (Å²) >= 11 is 0. The summed E-state index contributed by atoms with van der Waals surface area (Å²) < 4.78 is 17.9. The second-order valence-corrected chi connectivity index (χ2v) is 6.58. The van der Waals surface area contributed by atoms with Crippen LogP contribution in [0.1, 0.15) is 30.1 Å². The first-order valence-electron chi connectivity index (χ1n) is 9.39. The number of benzene rings is 2. The average Bonchev–Trinajstić information content (AvgIpc) is 3.21. The van der Waals surface area contributed by atoms with Gasteiger partial charge < -0.3 is 20.3 Å². The first kappa shape index (κ1) is 20.3. The number of ether oxygens (including phenoxy) is 1. The first-order valence-corrected chi connectivity index (χ1v) is 9.39. The van der Waals surface area contributed by atoms with E-state index in [0.717, 1.165) is 0 Å². The summed E-state index contributed by atoms with van der Waals surface area (Å²) in [6, 6.07) is 10.8. The Bertz CT molecular complexity index is 884. The van der Waals surface area contributed by atoms with Crippen molar-refractivity contribution in [2.75, 3.05) is 23.8 Å². The van der Waals surface area contributed by atoms with Crippen LogP contribution in [0.15, 0.2) is 48.5 Å². The van der Waals surface area contributed by atoms with E-state index in [1.165, 1.54) is 29.2 Å². The fraction of sp³-hybridized carbons (Fsp3) is 0.286. The van der Waals surface area contributed by atoms with Gasteiger partial charge in [0, 0.05) is 17.9 Å². The molecule has 1 aliphatic rings. The number of hydrogen-bond donors (Lipinski definition) is 2. The molecule has 29 heavy (non-hydrogen) atoms. The zero-order valence-corrected chi connectivity index (χ0v) is 16.0. The number of rotatable bonds is 5. The number of urea groups is 1. The van der Waals surface area contributed by atoms with Crippen LogP contribution in [-0.2, 0) is 9.53 Å². The number of nitrogens with one attached hydrogen (secondary N) is 2. The smallest absolute Gasteiger partial charge is 0.338 e. The topological polar surface area (TPSA) is 87.7 Å². The van der Waals surface area contributed by atoms with Crippen molar-refractivity contribution < 1.29 is 23.5 Å². The molecule has 1 unspecified atom stereocenters. The molecule has 1 aliphatic heterocycles. The molecular formula is C21H22FN3O4. The minimum atomic E-state index is -0.611. The van der Waals surface area contributed by atoms with Gasteiger partial charge in [-0.15, -0.1) is 0 Å². The zero-order valence-electron chi connectivity index (χ0n) is 16.0. The lowest BCUT2D eigenvalue weighted by molar-refractivity contribution is -0.119. The van der Waals surface area contributed by atoms with Gasteiger partial charge in [0.25, 0.3) is 0 Å². The Kier molecular flexibility index (Phi) is 6.43. The van der Waals surface area contributed by atoms with Crippen molar-refractivity contribution in [1.82, 2.24) is 4.90 Å². The Hall–Kier alpha value is -3.42. The summed E-state index contributed by atoms with van der Waals surface area (Å²) in [6.07, 6.45) is 1.25. The van der Waals surface area contributed by atoms with E-state index in [9.17, 15) is 18.8 Å². The van der Waals surface area contributed by atoms with Crippen LogP contribution >= 0.6 is 0 Å². The minimum Gasteiger partial charge on any atom is -0.462 e. The third-order valence-electron chi connectivity index (χ3n) is 4.58. The highest BCUT2D eigenvalue weighted by Crippen LogP contribution is 2.21. The van der Waals surface area contributed by atoms with Crippen molar-refractivity contribution in [3.05, 3.63) is 59.9 Å². The number of nitrogens with zero attached hydrogens (tertiary/aromatic N) is 1. The van der Waals surface area contributed by atoms with E-state index in [0.29, 0.717) is 36.3 Å². The van der Waals surface area contributed by atoms with E-state index < -0.39 is 23.9 Å². The molecule has 2 N–H and O–H groups in total. The highest BCUT2D eigenvalue weighted by atomic mass is 19.1. The van der Waals surface area contributed by atoms with E-state index in [-0.39, 0.29) is 12.5 Å². The molecule has 0 radical (unpaired) electrons. The quantitative estimate of drug-likeness (QED) is 0.752. The number of carbonyl (C=O) groups is 3. The standard InChI is InChI=1S/C21H22FN3O4/c1-2-29-20(27)14-5-9-16(10-6-14)23-19(26)18-4-3-13-25(18)21(28)24-17-11-7-15(22)8-12-17/h5-12,18H,2-4,13H2,1H3,(H,23,26)(H,24,28). The maximum Gasteiger partial charge on any atom is 0.338 e. The molecule has 0 aliphatic carbocycles. The number of halogens is 1. The lowest BCUT2D eigenvalue weighted by Gasteiger charge is -2.24. The van der Waals surface area contributed by atoms with Crippen molar-refractivity contribution in [3.63, 3.8) is 0 Å². The number of hydrogen-bond acceptors (Lipinski definition) is 4. The maximum atomic E-state index is 13.0. The fourth-order valence-corrected chi connectivity index (χ4v) is 3.14. The van der Waals surface area contributed by atoms with Gasteiger partial charge in [0.15, 0.2) is 0 Å². The van der Waals surface area contributed by atoms with Gasteiger partial charge in [-0.25, -0.2) is 14.0 Å². The Morgan fingerprint density at radius 1 is 1.03 bits per heavy atom. The van der Waals surface area contributed by atoms with Gasteiger partial charge in [0.1, 0.15) is 11.9 Å². The van der Waals surface area contributed by atoms with Crippen LogP contribution in [0.4, 0.5) is 20.6 Å². The van der Waals surface area contributed by atoms with Gasteiger partial charge in [-0.1, -0.05) is 0 Å². The van der Waals surface area contributed by atoms with Crippen molar-refractivity contribution >= 4 is 29.3 Å². The third kappa shape index (κ3) is 5.10. The summed E-state index contributed by atoms with van der Waals surface area (Å²) in [5.74, 6) is -1.12. The Labute approximate surface area is 167 Å². The molecule has 2 aromatic rings. The average molecular weight is 399 g/mol. The minimum absolute atomic E-state index is 0.287. The lowest BCUT2D eigenvalue weighted by Crippen LogP contribution is -2.45. The molecule has 152 valence electrons. The van der Waals surface area contributed by atoms with E-state index in [2.05, 4.69) is 10.6 Å². The predicted octanol–water partition coefficient (Wildman–Crippen LogP) is 3.64. The molecule has 8 heteroatoms. The monoisotopic (exact) mass is 399 g/mol. The van der Waals surface area contributed by atoms with Gasteiger partial charge in [-0.05, 0) is 68.3 Å². The van der Waals surface area contributed by atoms with E-state index in [1.54, 1.807) is 31.2 Å². The van der Waals surface area contributed by atoms with Crippen LogP contribution in [0.5, 0.6) is 0 Å². The van der Waals surface area contributed by atoms with Crippen molar-refractivity contribution in [2.24, 2.45) is 0 Å². The SMILES string of the molecule is CCOC(=O)c1ccc(NC(=O)C2CCCN2C(=O)Nc2ccc(F)cc2)cc1. The molecule has 3 amide bonds. The zero-order chi connectivity index (χ0) is 20.8. The predicted molar refractivity (Wildman–Crippen MR) is 106 cm³/mol. The summed E-state index contributed by atoms with van der Waals surface area (Å²) in [6.45, 7) is 2.47. The van der Waals surface area contributed by atoms with Crippen LogP contribution < -0.4 is 10.6 Å². The highest BCUT2D eigenvalue weighted by Gasteiger charge is 2.34. The highest BCUT2D eigenvalue weighted by molar-refractivity contribution is 6.00. The molecule has 2 aromatic carbocycles. The van der Waals surface area contributed by atoms with Gasteiger partial charge in [0.2, 0.25) is 5.91 Å². The van der Waals surface area contributed by atoms with Gasteiger partial charge in [-0.3, -0.25) is 4.79 Å². The molecule has 0 bridgehead atoms. The number of esters is 1. The van der Waals surface area contributed by atoms with Crippen LogP contribution in [0.2, 0.25) is 0 Å². The van der Waals surface area contributed by atoms with E-state index in [4.69, 9.17) is 4.74 Å². The Morgan fingerprint density at radius 3 is 2.31 bits per heavy atom. The fourth-order valence-electron chi connectivity index (χ4n) is 3.14. The molecular weight excluding hydrogens is 377 g/mol. The number of likely N-dealkylation sites (tertiary alicyclic amines) is 1. The van der Waals surface area contributed by atoms with E-state index in [1.807, 2.05) is 0 Å². The molecule has 0 spiro atoms. The molecule has 1 fully saturated rings. The van der Waals surface area contributed by atoms with Crippen LogP contribution in [0.3, 0.4) is 0 Å². The third-order valence-corrected chi connectivity index (χ3v) is 4.58. The van der Waals surface area contributed by atoms with Crippen molar-refractivity contribution in [3.8, 4) is 0 Å². The van der Waals surface area contributed by atoms with Crippen molar-refractivity contribution in [1.29, 1.82) is 0 Å². The molecule has 1 atom stereocenters. The normalized spacial score (nSPS) is 15.7. The summed E-state index contributed by atoms with van der Waals surface area (Å²) in [5, 5.41) is 5.46. The molecule has 0 aromatic heterocycles. The molecule has 7 nitrogen and oxygen atoms in total. The molecule has 3 rings (SSSR count). The van der Waals surface area contributed by atoms with Crippen LogP contribution in [0.25, 0.3) is 0 Å². The van der Waals surface area contributed by atoms with Crippen LogP contribution in [0, 0.1) is 5.82 Å². The van der Waals surface area contributed by atoms with Crippen molar-refractivity contribution in [2.45, 2.75) is 25.8 Å².